The number of nitrogens with zero attached hydrogens (tertiary/aromatic N) is 1. The lowest BCUT2D eigenvalue weighted by atomic mass is 10.1. The van der Waals surface area contributed by atoms with Crippen LogP contribution in [0.5, 0.6) is 0 Å². The molecule has 1 aromatic carbocycles. The van der Waals surface area contributed by atoms with Gasteiger partial charge in [0.15, 0.2) is 0 Å². The van der Waals surface area contributed by atoms with Gasteiger partial charge in [0.25, 0.3) is 0 Å². The summed E-state index contributed by atoms with van der Waals surface area (Å²) in [5, 5.41) is 18.5. The number of aliphatic carboxylic acids is 1. The van der Waals surface area contributed by atoms with Crippen LogP contribution in [-0.4, -0.2) is 40.8 Å². The number of halogens is 1. The molecule has 0 heterocycles. The van der Waals surface area contributed by atoms with Crippen LogP contribution in [-0.2, 0) is 11.3 Å². The second-order valence-electron chi connectivity index (χ2n) is 4.68. The van der Waals surface area contributed by atoms with Crippen molar-refractivity contribution in [3.8, 4) is 0 Å². The van der Waals surface area contributed by atoms with Gasteiger partial charge in [-0.3, -0.25) is 9.69 Å². The van der Waals surface area contributed by atoms with Crippen molar-refractivity contribution in [2.24, 2.45) is 5.92 Å². The summed E-state index contributed by atoms with van der Waals surface area (Å²) in [6.45, 7) is 3.56. The van der Waals surface area contributed by atoms with Crippen LogP contribution in [0.1, 0.15) is 18.9 Å². The second kappa shape index (κ2) is 8.15. The molecule has 0 fully saturated rings. The molecule has 0 bridgehead atoms. The van der Waals surface area contributed by atoms with Gasteiger partial charge in [0.2, 0.25) is 0 Å². The fourth-order valence-corrected chi connectivity index (χ4v) is 2.10. The summed E-state index contributed by atoms with van der Waals surface area (Å²) in [5.41, 5.74) is 1.04. The number of rotatable bonds is 8. The summed E-state index contributed by atoms with van der Waals surface area (Å²) in [5.74, 6) is -1.24. The molecule has 0 aromatic heterocycles. The number of hydrogen-bond acceptors (Lipinski definition) is 3. The Morgan fingerprint density at radius 3 is 2.79 bits per heavy atom. The van der Waals surface area contributed by atoms with Crippen molar-refractivity contribution >= 4 is 17.6 Å². The minimum absolute atomic E-state index is 0.105. The van der Waals surface area contributed by atoms with E-state index in [9.17, 15) is 4.79 Å². The van der Waals surface area contributed by atoms with Crippen molar-refractivity contribution in [1.29, 1.82) is 0 Å². The SMILES string of the molecule is CC(CN(CCCO)Cc1cccc(Cl)c1)C(=O)O. The highest BCUT2D eigenvalue weighted by Crippen LogP contribution is 2.14. The normalized spacial score (nSPS) is 12.6. The van der Waals surface area contributed by atoms with Gasteiger partial charge in [0.1, 0.15) is 0 Å². The molecule has 19 heavy (non-hydrogen) atoms. The fourth-order valence-electron chi connectivity index (χ4n) is 1.89. The smallest absolute Gasteiger partial charge is 0.307 e. The van der Waals surface area contributed by atoms with Gasteiger partial charge in [-0.25, -0.2) is 0 Å². The van der Waals surface area contributed by atoms with Gasteiger partial charge in [-0.1, -0.05) is 30.7 Å². The Morgan fingerprint density at radius 2 is 2.21 bits per heavy atom. The minimum Gasteiger partial charge on any atom is -0.481 e. The molecular formula is C14H20ClNO3. The van der Waals surface area contributed by atoms with Crippen LogP contribution in [0.3, 0.4) is 0 Å². The van der Waals surface area contributed by atoms with E-state index in [1.165, 1.54) is 0 Å². The van der Waals surface area contributed by atoms with E-state index in [2.05, 4.69) is 0 Å². The van der Waals surface area contributed by atoms with Crippen LogP contribution in [0.2, 0.25) is 5.02 Å². The molecule has 0 saturated carbocycles. The number of carbonyl (C=O) groups is 1. The zero-order valence-corrected chi connectivity index (χ0v) is 11.8. The maximum atomic E-state index is 10.9. The molecule has 2 N–H and O–H groups in total. The van der Waals surface area contributed by atoms with Crippen LogP contribution >= 0.6 is 11.6 Å². The van der Waals surface area contributed by atoms with Crippen LogP contribution < -0.4 is 0 Å². The Morgan fingerprint density at radius 1 is 1.47 bits per heavy atom. The highest BCUT2D eigenvalue weighted by atomic mass is 35.5. The predicted molar refractivity (Wildman–Crippen MR) is 75.2 cm³/mol. The van der Waals surface area contributed by atoms with E-state index in [1.54, 1.807) is 6.92 Å². The Kier molecular flexibility index (Phi) is 6.84. The monoisotopic (exact) mass is 285 g/mol. The van der Waals surface area contributed by atoms with Gasteiger partial charge >= 0.3 is 5.97 Å². The van der Waals surface area contributed by atoms with Gasteiger partial charge in [0.05, 0.1) is 5.92 Å². The topological polar surface area (TPSA) is 60.8 Å². The van der Waals surface area contributed by atoms with E-state index < -0.39 is 11.9 Å². The number of aliphatic hydroxyl groups is 1. The lowest BCUT2D eigenvalue weighted by Crippen LogP contribution is -2.32. The van der Waals surface area contributed by atoms with Crippen molar-refractivity contribution < 1.29 is 15.0 Å². The molecule has 0 spiro atoms. The first-order valence-corrected chi connectivity index (χ1v) is 6.71. The Labute approximate surface area is 118 Å². The van der Waals surface area contributed by atoms with Crippen LogP contribution in [0.25, 0.3) is 0 Å². The van der Waals surface area contributed by atoms with Crippen molar-refractivity contribution in [2.45, 2.75) is 19.9 Å². The third-order valence-electron chi connectivity index (χ3n) is 2.88. The van der Waals surface area contributed by atoms with E-state index in [4.69, 9.17) is 21.8 Å². The first-order valence-electron chi connectivity index (χ1n) is 6.33. The standard InChI is InChI=1S/C14H20ClNO3/c1-11(14(18)19)9-16(6-3-7-17)10-12-4-2-5-13(15)8-12/h2,4-5,8,11,17H,3,6-7,9-10H2,1H3,(H,18,19). The maximum Gasteiger partial charge on any atom is 0.307 e. The first-order chi connectivity index (χ1) is 9.02. The van der Waals surface area contributed by atoms with Gasteiger partial charge in [-0.15, -0.1) is 0 Å². The number of carboxylic acid groups (broad SMARTS) is 1. The molecule has 5 heteroatoms. The summed E-state index contributed by atoms with van der Waals surface area (Å²) in [6, 6.07) is 7.52. The van der Waals surface area contributed by atoms with Gasteiger partial charge in [-0.05, 0) is 24.1 Å². The number of benzene rings is 1. The molecule has 0 aliphatic carbocycles. The van der Waals surface area contributed by atoms with Crippen molar-refractivity contribution in [2.75, 3.05) is 19.7 Å². The summed E-state index contributed by atoms with van der Waals surface area (Å²) in [7, 11) is 0. The highest BCUT2D eigenvalue weighted by Gasteiger charge is 2.16. The summed E-state index contributed by atoms with van der Waals surface area (Å²) < 4.78 is 0. The van der Waals surface area contributed by atoms with Crippen molar-refractivity contribution in [3.63, 3.8) is 0 Å². The van der Waals surface area contributed by atoms with E-state index >= 15 is 0 Å². The molecule has 1 rings (SSSR count). The average Bonchev–Trinajstić information content (AvgIpc) is 2.35. The molecule has 1 aromatic rings. The number of carboxylic acids is 1. The van der Waals surface area contributed by atoms with E-state index in [1.807, 2.05) is 29.2 Å². The predicted octanol–water partition coefficient (Wildman–Crippen LogP) is 2.25. The van der Waals surface area contributed by atoms with Crippen LogP contribution in [0.4, 0.5) is 0 Å². The number of aliphatic hydroxyl groups excluding tert-OH is 1. The molecule has 106 valence electrons. The molecule has 0 aliphatic rings. The lowest BCUT2D eigenvalue weighted by Gasteiger charge is -2.24. The van der Waals surface area contributed by atoms with E-state index in [0.29, 0.717) is 31.1 Å². The molecule has 0 saturated heterocycles. The quantitative estimate of drug-likeness (QED) is 0.769. The van der Waals surface area contributed by atoms with Crippen LogP contribution in [0, 0.1) is 5.92 Å². The van der Waals surface area contributed by atoms with Crippen molar-refractivity contribution in [3.05, 3.63) is 34.9 Å². The molecule has 0 aliphatic heterocycles. The van der Waals surface area contributed by atoms with Gasteiger partial charge < -0.3 is 10.2 Å². The number of hydrogen-bond donors (Lipinski definition) is 2. The Hall–Kier alpha value is -1.10. The van der Waals surface area contributed by atoms with Crippen molar-refractivity contribution in [1.82, 2.24) is 4.90 Å². The third kappa shape index (κ3) is 6.05. The van der Waals surface area contributed by atoms with Gasteiger partial charge in [0, 0.05) is 31.3 Å². The van der Waals surface area contributed by atoms with Crippen LogP contribution in [0.15, 0.2) is 24.3 Å². The molecule has 0 amide bonds. The Bertz CT molecular complexity index is 411. The zero-order valence-electron chi connectivity index (χ0n) is 11.1. The summed E-state index contributed by atoms with van der Waals surface area (Å²) in [6.07, 6.45) is 0.632. The molecule has 0 radical (unpaired) electrons. The molecule has 4 nitrogen and oxygen atoms in total. The largest absolute Gasteiger partial charge is 0.481 e. The lowest BCUT2D eigenvalue weighted by molar-refractivity contribution is -0.141. The molecule has 1 atom stereocenters. The molecule has 1 unspecified atom stereocenters. The second-order valence-corrected chi connectivity index (χ2v) is 5.12. The van der Waals surface area contributed by atoms with E-state index in [0.717, 1.165) is 5.56 Å². The third-order valence-corrected chi connectivity index (χ3v) is 3.12. The average molecular weight is 286 g/mol. The highest BCUT2D eigenvalue weighted by molar-refractivity contribution is 6.30. The van der Waals surface area contributed by atoms with Gasteiger partial charge in [-0.2, -0.15) is 0 Å². The maximum absolute atomic E-state index is 10.9. The fraction of sp³-hybridized carbons (Fsp3) is 0.500. The summed E-state index contributed by atoms with van der Waals surface area (Å²) in [4.78, 5) is 12.9. The zero-order chi connectivity index (χ0) is 14.3. The summed E-state index contributed by atoms with van der Waals surface area (Å²) >= 11 is 5.94. The Balaban J connectivity index is 2.65. The van der Waals surface area contributed by atoms with E-state index in [-0.39, 0.29) is 6.61 Å². The first kappa shape index (κ1) is 16.0. The minimum atomic E-state index is -0.805. The molecular weight excluding hydrogens is 266 g/mol.